The van der Waals surface area contributed by atoms with E-state index in [2.05, 4.69) is 70.5 Å². The number of rotatable bonds is 4. The van der Waals surface area contributed by atoms with Crippen LogP contribution in [0.15, 0.2) is 54.6 Å². The molecule has 1 saturated carbocycles. The van der Waals surface area contributed by atoms with E-state index in [4.69, 9.17) is 0 Å². The van der Waals surface area contributed by atoms with Crippen LogP contribution in [0.1, 0.15) is 29.7 Å². The fourth-order valence-corrected chi connectivity index (χ4v) is 3.13. The zero-order chi connectivity index (χ0) is 12.4. The molecule has 0 saturated heterocycles. The van der Waals surface area contributed by atoms with Crippen LogP contribution < -0.4 is 0 Å². The van der Waals surface area contributed by atoms with Crippen LogP contribution in [-0.4, -0.2) is 0 Å². The van der Waals surface area contributed by atoms with Crippen molar-refractivity contribution in [2.75, 3.05) is 0 Å². The molecule has 0 aliphatic heterocycles. The van der Waals surface area contributed by atoms with Gasteiger partial charge in [0.25, 0.3) is 0 Å². The van der Waals surface area contributed by atoms with Crippen LogP contribution in [0.25, 0.3) is 11.1 Å². The van der Waals surface area contributed by atoms with Gasteiger partial charge in [-0.25, -0.2) is 0 Å². The van der Waals surface area contributed by atoms with Crippen molar-refractivity contribution in [1.29, 1.82) is 0 Å². The second-order valence-corrected chi connectivity index (χ2v) is 6.24. The summed E-state index contributed by atoms with van der Waals surface area (Å²) in [6, 6.07) is 19.5. The Kier molecular flexibility index (Phi) is 3.51. The highest BCUT2D eigenvalue weighted by Crippen LogP contribution is 2.41. The normalized spacial score (nSPS) is 16.5. The summed E-state index contributed by atoms with van der Waals surface area (Å²) < 4.78 is 0. The Hall–Kier alpha value is -1.08. The summed E-state index contributed by atoms with van der Waals surface area (Å²) in [5.41, 5.74) is 3.99. The van der Waals surface area contributed by atoms with Crippen LogP contribution in [0.3, 0.4) is 0 Å². The molecular formula is C17H17Br. The van der Waals surface area contributed by atoms with Crippen molar-refractivity contribution >= 4 is 15.9 Å². The molecule has 0 N–H and O–H groups in total. The van der Waals surface area contributed by atoms with Crippen molar-refractivity contribution in [3.8, 4) is 11.1 Å². The third-order valence-electron chi connectivity index (χ3n) is 3.62. The summed E-state index contributed by atoms with van der Waals surface area (Å²) in [5.74, 6) is 0.961. The lowest BCUT2D eigenvalue weighted by molar-refractivity contribution is 0.721. The monoisotopic (exact) mass is 300 g/mol. The summed E-state index contributed by atoms with van der Waals surface area (Å²) >= 11 is 3.81. The Morgan fingerprint density at radius 2 is 1.50 bits per heavy atom. The second kappa shape index (κ2) is 5.27. The van der Waals surface area contributed by atoms with Gasteiger partial charge in [-0.3, -0.25) is 0 Å². The minimum atomic E-state index is 0.523. The first-order chi connectivity index (χ1) is 8.83. The van der Waals surface area contributed by atoms with E-state index in [1.807, 2.05) is 0 Å². The minimum absolute atomic E-state index is 0.523. The number of halogens is 1. The Morgan fingerprint density at radius 1 is 0.889 bits per heavy atom. The standard InChI is InChI=1S/C17H17Br/c18-17(12-13-6-7-13)16-10-8-15(9-11-16)14-4-2-1-3-5-14/h1-5,8-11,13,17H,6-7,12H2. The zero-order valence-corrected chi connectivity index (χ0v) is 11.9. The largest absolute Gasteiger partial charge is 0.0839 e. The Labute approximate surface area is 117 Å². The molecule has 92 valence electrons. The lowest BCUT2D eigenvalue weighted by Gasteiger charge is -2.10. The maximum atomic E-state index is 3.81. The Morgan fingerprint density at radius 3 is 2.11 bits per heavy atom. The fourth-order valence-electron chi connectivity index (χ4n) is 2.30. The summed E-state index contributed by atoms with van der Waals surface area (Å²) in [4.78, 5) is 0.523. The zero-order valence-electron chi connectivity index (χ0n) is 10.4. The number of benzene rings is 2. The average molecular weight is 301 g/mol. The predicted octanol–water partition coefficient (Wildman–Crippen LogP) is 5.59. The molecule has 0 bridgehead atoms. The molecule has 2 aromatic carbocycles. The van der Waals surface area contributed by atoms with E-state index in [1.54, 1.807) is 0 Å². The molecule has 0 radical (unpaired) electrons. The highest BCUT2D eigenvalue weighted by molar-refractivity contribution is 9.09. The average Bonchev–Trinajstić information content (AvgIpc) is 3.24. The smallest absolute Gasteiger partial charge is 0.0398 e. The molecular weight excluding hydrogens is 284 g/mol. The van der Waals surface area contributed by atoms with Crippen molar-refractivity contribution in [3.05, 3.63) is 60.2 Å². The predicted molar refractivity (Wildman–Crippen MR) is 80.9 cm³/mol. The number of hydrogen-bond acceptors (Lipinski definition) is 0. The van der Waals surface area contributed by atoms with E-state index in [-0.39, 0.29) is 0 Å². The van der Waals surface area contributed by atoms with Gasteiger partial charge in [-0.2, -0.15) is 0 Å². The number of hydrogen-bond donors (Lipinski definition) is 0. The van der Waals surface area contributed by atoms with Gasteiger partial charge >= 0.3 is 0 Å². The summed E-state index contributed by atoms with van der Waals surface area (Å²) in [6.45, 7) is 0. The number of alkyl halides is 1. The quantitative estimate of drug-likeness (QED) is 0.646. The maximum Gasteiger partial charge on any atom is 0.0398 e. The van der Waals surface area contributed by atoms with Gasteiger partial charge in [0.15, 0.2) is 0 Å². The van der Waals surface area contributed by atoms with Crippen molar-refractivity contribution in [2.24, 2.45) is 5.92 Å². The molecule has 1 atom stereocenters. The summed E-state index contributed by atoms with van der Waals surface area (Å²) in [6.07, 6.45) is 4.12. The molecule has 1 heteroatoms. The summed E-state index contributed by atoms with van der Waals surface area (Å²) in [5, 5.41) is 0. The third-order valence-corrected chi connectivity index (χ3v) is 4.52. The van der Waals surface area contributed by atoms with E-state index in [9.17, 15) is 0 Å². The maximum absolute atomic E-state index is 3.81. The van der Waals surface area contributed by atoms with E-state index >= 15 is 0 Å². The second-order valence-electron chi connectivity index (χ2n) is 5.13. The van der Waals surface area contributed by atoms with Crippen LogP contribution in [0.5, 0.6) is 0 Å². The molecule has 1 fully saturated rings. The SMILES string of the molecule is BrC(CC1CC1)c1ccc(-c2ccccc2)cc1. The highest BCUT2D eigenvalue weighted by atomic mass is 79.9. The van der Waals surface area contributed by atoms with Crippen molar-refractivity contribution < 1.29 is 0 Å². The summed E-state index contributed by atoms with van der Waals surface area (Å²) in [7, 11) is 0. The molecule has 0 aromatic heterocycles. The fraction of sp³-hybridized carbons (Fsp3) is 0.294. The first-order valence-electron chi connectivity index (χ1n) is 6.62. The van der Waals surface area contributed by atoms with E-state index < -0.39 is 0 Å². The molecule has 1 unspecified atom stereocenters. The first-order valence-corrected chi connectivity index (χ1v) is 7.54. The molecule has 0 nitrogen and oxygen atoms in total. The molecule has 1 aliphatic rings. The highest BCUT2D eigenvalue weighted by Gasteiger charge is 2.24. The molecule has 18 heavy (non-hydrogen) atoms. The molecule has 2 aromatic rings. The lowest BCUT2D eigenvalue weighted by atomic mass is 10.0. The van der Waals surface area contributed by atoms with Gasteiger partial charge in [0.05, 0.1) is 0 Å². The topological polar surface area (TPSA) is 0 Å². The van der Waals surface area contributed by atoms with Crippen LogP contribution >= 0.6 is 15.9 Å². The van der Waals surface area contributed by atoms with Crippen LogP contribution in [-0.2, 0) is 0 Å². The Balaban J connectivity index is 1.76. The Bertz CT molecular complexity index is 497. The van der Waals surface area contributed by atoms with E-state index in [1.165, 1.54) is 36.0 Å². The van der Waals surface area contributed by atoms with Crippen molar-refractivity contribution in [1.82, 2.24) is 0 Å². The lowest BCUT2D eigenvalue weighted by Crippen LogP contribution is -1.91. The van der Waals surface area contributed by atoms with E-state index in [0.29, 0.717) is 4.83 Å². The van der Waals surface area contributed by atoms with Crippen LogP contribution in [0, 0.1) is 5.92 Å². The molecule has 0 spiro atoms. The first kappa shape index (κ1) is 12.0. The van der Waals surface area contributed by atoms with Gasteiger partial charge in [0.1, 0.15) is 0 Å². The van der Waals surface area contributed by atoms with Gasteiger partial charge < -0.3 is 0 Å². The van der Waals surface area contributed by atoms with Gasteiger partial charge in [-0.1, -0.05) is 83.4 Å². The third kappa shape index (κ3) is 2.84. The molecule has 3 rings (SSSR count). The molecule has 1 aliphatic carbocycles. The van der Waals surface area contributed by atoms with Gasteiger partial charge in [-0.15, -0.1) is 0 Å². The van der Waals surface area contributed by atoms with Gasteiger partial charge in [0, 0.05) is 4.83 Å². The van der Waals surface area contributed by atoms with Crippen molar-refractivity contribution in [2.45, 2.75) is 24.1 Å². The van der Waals surface area contributed by atoms with E-state index in [0.717, 1.165) is 5.92 Å². The van der Waals surface area contributed by atoms with Gasteiger partial charge in [-0.05, 0) is 29.0 Å². The van der Waals surface area contributed by atoms with Gasteiger partial charge in [0.2, 0.25) is 0 Å². The van der Waals surface area contributed by atoms with Crippen molar-refractivity contribution in [3.63, 3.8) is 0 Å². The molecule has 0 heterocycles. The van der Waals surface area contributed by atoms with Crippen LogP contribution in [0.2, 0.25) is 0 Å². The molecule has 0 amide bonds. The minimum Gasteiger partial charge on any atom is -0.0839 e. The van der Waals surface area contributed by atoms with Crippen LogP contribution in [0.4, 0.5) is 0 Å².